The van der Waals surface area contributed by atoms with Gasteiger partial charge in [-0.1, -0.05) is 6.92 Å². The number of carbonyl (C=O) groups is 1. The summed E-state index contributed by atoms with van der Waals surface area (Å²) >= 11 is 0. The van der Waals surface area contributed by atoms with E-state index >= 15 is 0 Å². The normalized spacial score (nSPS) is 10.9. The second-order valence-corrected chi connectivity index (χ2v) is 5.75. The van der Waals surface area contributed by atoms with Crippen molar-refractivity contribution in [3.63, 3.8) is 0 Å². The van der Waals surface area contributed by atoms with Crippen molar-refractivity contribution in [1.82, 2.24) is 4.98 Å². The number of ether oxygens (including phenoxy) is 1. The summed E-state index contributed by atoms with van der Waals surface area (Å²) in [7, 11) is 1.60. The number of nitrogens with one attached hydrogen (secondary N) is 1. The Morgan fingerprint density at radius 3 is 2.88 bits per heavy atom. The van der Waals surface area contributed by atoms with Gasteiger partial charge in [-0.15, -0.1) is 0 Å². The van der Waals surface area contributed by atoms with Gasteiger partial charge in [0, 0.05) is 29.5 Å². The SMILES string of the molecule is CCc1ccc[n+](CCc2c(C(=O)O)[nH]c3cc(OC)ccc23)c1. The number of carboxylic acid groups (broad SMARTS) is 1. The maximum atomic E-state index is 11.6. The van der Waals surface area contributed by atoms with Gasteiger partial charge in [0.1, 0.15) is 11.4 Å². The van der Waals surface area contributed by atoms with E-state index in [0.29, 0.717) is 12.2 Å². The predicted molar refractivity (Wildman–Crippen MR) is 91.5 cm³/mol. The van der Waals surface area contributed by atoms with E-state index in [0.717, 1.165) is 29.4 Å². The van der Waals surface area contributed by atoms with Crippen molar-refractivity contribution in [2.24, 2.45) is 0 Å². The molecule has 0 amide bonds. The molecule has 0 aliphatic carbocycles. The first-order chi connectivity index (χ1) is 11.6. The average Bonchev–Trinajstić information content (AvgIpc) is 2.98. The van der Waals surface area contributed by atoms with E-state index in [1.54, 1.807) is 7.11 Å². The molecular formula is C19H21N2O3+. The summed E-state index contributed by atoms with van der Waals surface area (Å²) in [5, 5.41) is 10.4. The molecule has 0 radical (unpaired) electrons. The van der Waals surface area contributed by atoms with Crippen LogP contribution in [0.3, 0.4) is 0 Å². The van der Waals surface area contributed by atoms with E-state index in [1.807, 2.05) is 30.5 Å². The van der Waals surface area contributed by atoms with E-state index < -0.39 is 5.97 Å². The number of hydrogen-bond acceptors (Lipinski definition) is 2. The average molecular weight is 325 g/mol. The molecule has 0 aliphatic heterocycles. The molecular weight excluding hydrogens is 304 g/mol. The summed E-state index contributed by atoms with van der Waals surface area (Å²) in [4.78, 5) is 14.6. The summed E-state index contributed by atoms with van der Waals surface area (Å²) in [6, 6.07) is 9.72. The Labute approximate surface area is 140 Å². The molecule has 0 saturated carbocycles. The zero-order chi connectivity index (χ0) is 17.1. The number of aromatic carboxylic acids is 1. The highest BCUT2D eigenvalue weighted by molar-refractivity contribution is 5.97. The van der Waals surface area contributed by atoms with E-state index in [4.69, 9.17) is 4.74 Å². The second kappa shape index (κ2) is 6.74. The highest BCUT2D eigenvalue weighted by Crippen LogP contribution is 2.26. The largest absolute Gasteiger partial charge is 0.497 e. The van der Waals surface area contributed by atoms with Crippen LogP contribution in [-0.4, -0.2) is 23.2 Å². The summed E-state index contributed by atoms with van der Waals surface area (Å²) in [6.07, 6.45) is 5.75. The van der Waals surface area contributed by atoms with Crippen molar-refractivity contribution in [1.29, 1.82) is 0 Å². The van der Waals surface area contributed by atoms with E-state index in [1.165, 1.54) is 5.56 Å². The van der Waals surface area contributed by atoms with Gasteiger partial charge in [-0.2, -0.15) is 0 Å². The first-order valence-corrected chi connectivity index (χ1v) is 8.02. The minimum absolute atomic E-state index is 0.255. The number of hydrogen-bond donors (Lipinski definition) is 2. The van der Waals surface area contributed by atoms with Crippen molar-refractivity contribution in [3.8, 4) is 5.75 Å². The molecule has 0 atom stereocenters. The molecule has 2 N–H and O–H groups in total. The summed E-state index contributed by atoms with van der Waals surface area (Å²) < 4.78 is 7.32. The van der Waals surface area contributed by atoms with E-state index in [2.05, 4.69) is 28.7 Å². The maximum Gasteiger partial charge on any atom is 0.352 e. The lowest BCUT2D eigenvalue weighted by atomic mass is 10.1. The lowest BCUT2D eigenvalue weighted by molar-refractivity contribution is -0.696. The van der Waals surface area contributed by atoms with Crippen LogP contribution in [-0.2, 0) is 19.4 Å². The van der Waals surface area contributed by atoms with Crippen molar-refractivity contribution in [2.45, 2.75) is 26.3 Å². The van der Waals surface area contributed by atoms with Crippen LogP contribution in [0.4, 0.5) is 0 Å². The molecule has 0 aliphatic rings. The Morgan fingerprint density at radius 1 is 1.33 bits per heavy atom. The quantitative estimate of drug-likeness (QED) is 0.685. The number of aryl methyl sites for hydroxylation is 3. The Kier molecular flexibility index (Phi) is 4.51. The molecule has 24 heavy (non-hydrogen) atoms. The van der Waals surface area contributed by atoms with Crippen LogP contribution in [0, 0.1) is 0 Å². The molecule has 0 spiro atoms. The fraction of sp³-hybridized carbons (Fsp3) is 0.263. The number of benzene rings is 1. The minimum Gasteiger partial charge on any atom is -0.497 e. The molecule has 5 heteroatoms. The lowest BCUT2D eigenvalue weighted by Crippen LogP contribution is -2.34. The summed E-state index contributed by atoms with van der Waals surface area (Å²) in [6.45, 7) is 2.85. The monoisotopic (exact) mass is 325 g/mol. The van der Waals surface area contributed by atoms with Gasteiger partial charge < -0.3 is 14.8 Å². The number of aromatic amines is 1. The number of fused-ring (bicyclic) bond motifs is 1. The molecule has 3 rings (SSSR count). The van der Waals surface area contributed by atoms with Crippen molar-refractivity contribution < 1.29 is 19.2 Å². The smallest absolute Gasteiger partial charge is 0.352 e. The number of nitrogens with zero attached hydrogens (tertiary/aromatic N) is 1. The Hall–Kier alpha value is -2.82. The number of pyridine rings is 1. The predicted octanol–water partition coefficient (Wildman–Crippen LogP) is 2.97. The number of methoxy groups -OCH3 is 1. The van der Waals surface area contributed by atoms with Crippen molar-refractivity contribution >= 4 is 16.9 Å². The topological polar surface area (TPSA) is 66.2 Å². The van der Waals surface area contributed by atoms with Gasteiger partial charge in [-0.05, 0) is 30.2 Å². The van der Waals surface area contributed by atoms with E-state index in [9.17, 15) is 9.90 Å². The van der Waals surface area contributed by atoms with Gasteiger partial charge in [0.2, 0.25) is 0 Å². The molecule has 3 aromatic rings. The number of carboxylic acids is 1. The first kappa shape index (κ1) is 16.1. The fourth-order valence-corrected chi connectivity index (χ4v) is 2.97. The zero-order valence-electron chi connectivity index (χ0n) is 13.9. The zero-order valence-corrected chi connectivity index (χ0v) is 13.9. The third-order valence-corrected chi connectivity index (χ3v) is 4.27. The second-order valence-electron chi connectivity index (χ2n) is 5.75. The third-order valence-electron chi connectivity index (χ3n) is 4.27. The minimum atomic E-state index is -0.938. The summed E-state index contributed by atoms with van der Waals surface area (Å²) in [5.41, 5.74) is 3.13. The highest BCUT2D eigenvalue weighted by Gasteiger charge is 2.18. The van der Waals surface area contributed by atoms with E-state index in [-0.39, 0.29) is 5.69 Å². The Morgan fingerprint density at radius 2 is 2.17 bits per heavy atom. The van der Waals surface area contributed by atoms with Crippen LogP contribution in [0.2, 0.25) is 0 Å². The molecule has 124 valence electrons. The lowest BCUT2D eigenvalue weighted by Gasteiger charge is -2.02. The molecule has 1 aromatic carbocycles. The molecule has 0 unspecified atom stereocenters. The first-order valence-electron chi connectivity index (χ1n) is 8.02. The Bertz CT molecular complexity index is 883. The number of rotatable bonds is 6. The number of H-pyrrole nitrogens is 1. The van der Waals surface area contributed by atoms with Gasteiger partial charge in [0.05, 0.1) is 12.6 Å². The standard InChI is InChI=1S/C19H20N2O3/c1-3-13-5-4-9-21(12-13)10-8-16-15-7-6-14(24-2)11-17(15)20-18(16)19(22)23/h4-7,9,11-12,20H,3,8,10H2,1-2H3/p+1. The van der Waals surface area contributed by atoms with Crippen LogP contribution in [0.25, 0.3) is 10.9 Å². The van der Waals surface area contributed by atoms with Crippen molar-refractivity contribution in [3.05, 3.63) is 59.5 Å². The van der Waals surface area contributed by atoms with Crippen LogP contribution in [0.15, 0.2) is 42.7 Å². The molecule has 5 nitrogen and oxygen atoms in total. The Balaban J connectivity index is 1.94. The van der Waals surface area contributed by atoms with Gasteiger partial charge in [0.25, 0.3) is 0 Å². The van der Waals surface area contributed by atoms with Crippen molar-refractivity contribution in [2.75, 3.05) is 7.11 Å². The van der Waals surface area contributed by atoms with Crippen LogP contribution in [0.5, 0.6) is 5.75 Å². The van der Waals surface area contributed by atoms with Gasteiger partial charge in [-0.25, -0.2) is 9.36 Å². The number of aromatic nitrogens is 2. The van der Waals surface area contributed by atoms with Crippen LogP contribution >= 0.6 is 0 Å². The van der Waals surface area contributed by atoms with Crippen LogP contribution in [0.1, 0.15) is 28.5 Å². The maximum absolute atomic E-state index is 11.6. The molecule has 0 bridgehead atoms. The van der Waals surface area contributed by atoms with Gasteiger partial charge in [-0.3, -0.25) is 0 Å². The highest BCUT2D eigenvalue weighted by atomic mass is 16.5. The molecule has 0 fully saturated rings. The van der Waals surface area contributed by atoms with Crippen LogP contribution < -0.4 is 9.30 Å². The summed E-state index contributed by atoms with van der Waals surface area (Å²) in [5.74, 6) is -0.232. The van der Waals surface area contributed by atoms with Gasteiger partial charge >= 0.3 is 5.97 Å². The molecule has 2 aromatic heterocycles. The molecule has 0 saturated heterocycles. The fourth-order valence-electron chi connectivity index (χ4n) is 2.97. The third kappa shape index (κ3) is 3.11. The molecule has 2 heterocycles. The van der Waals surface area contributed by atoms with Gasteiger partial charge in [0.15, 0.2) is 18.9 Å².